The van der Waals surface area contributed by atoms with E-state index in [2.05, 4.69) is 11.4 Å². The lowest BCUT2D eigenvalue weighted by molar-refractivity contribution is -0.143. The van der Waals surface area contributed by atoms with Gasteiger partial charge >= 0.3 is 6.18 Å². The van der Waals surface area contributed by atoms with E-state index >= 15 is 0 Å². The molecule has 37 heavy (non-hydrogen) atoms. The first kappa shape index (κ1) is 27.3. The van der Waals surface area contributed by atoms with Gasteiger partial charge in [0.2, 0.25) is 11.8 Å². The largest absolute Gasteiger partial charge is 0.416 e. The standard InChI is InChI=1S/C24H30F3N5O4S/c1-16-8-10-32(21(16)22(33)29-12-17-4-6-20(7-5-17)24(25,26)27)23(34)19-3-2-9-30(15-19)37(35,36)31-13-18(11-28)14-31/h4-7,16,18-19,21H,2-3,8-10,12-15H2,1H3,(H,29,33)/t16-,19-,21+/m0/s1. The molecule has 3 atom stereocenters. The first-order valence-electron chi connectivity index (χ1n) is 12.3. The van der Waals surface area contributed by atoms with Crippen molar-refractivity contribution < 1.29 is 31.2 Å². The third-order valence-electron chi connectivity index (χ3n) is 7.42. The molecular formula is C24H30F3N5O4S. The summed E-state index contributed by atoms with van der Waals surface area (Å²) in [5.74, 6) is -1.67. The Labute approximate surface area is 214 Å². The molecule has 0 aromatic heterocycles. The molecule has 0 spiro atoms. The van der Waals surface area contributed by atoms with E-state index in [0.717, 1.165) is 12.1 Å². The monoisotopic (exact) mass is 541 g/mol. The molecule has 2 amide bonds. The number of halogens is 3. The number of carbonyl (C=O) groups is 2. The molecule has 9 nitrogen and oxygen atoms in total. The molecule has 3 saturated heterocycles. The molecule has 1 N–H and O–H groups in total. The van der Waals surface area contributed by atoms with Gasteiger partial charge in [0.1, 0.15) is 6.04 Å². The Balaban J connectivity index is 1.37. The van der Waals surface area contributed by atoms with E-state index < -0.39 is 33.9 Å². The first-order valence-corrected chi connectivity index (χ1v) is 13.7. The number of rotatable bonds is 6. The summed E-state index contributed by atoms with van der Waals surface area (Å²) in [5, 5.41) is 11.7. The summed E-state index contributed by atoms with van der Waals surface area (Å²) in [4.78, 5) is 28.0. The van der Waals surface area contributed by atoms with Crippen LogP contribution in [0, 0.1) is 29.1 Å². The van der Waals surface area contributed by atoms with Gasteiger partial charge in [0.05, 0.1) is 23.5 Å². The van der Waals surface area contributed by atoms with Gasteiger partial charge in [0.25, 0.3) is 10.2 Å². The summed E-state index contributed by atoms with van der Waals surface area (Å²) in [7, 11) is -3.76. The number of hydrogen-bond donors (Lipinski definition) is 1. The van der Waals surface area contributed by atoms with Crippen LogP contribution in [0.2, 0.25) is 0 Å². The minimum Gasteiger partial charge on any atom is -0.350 e. The highest BCUT2D eigenvalue weighted by Crippen LogP contribution is 2.31. The fourth-order valence-electron chi connectivity index (χ4n) is 5.16. The third kappa shape index (κ3) is 5.76. The van der Waals surface area contributed by atoms with Crippen molar-refractivity contribution in [3.05, 3.63) is 35.4 Å². The van der Waals surface area contributed by atoms with E-state index in [1.54, 1.807) is 0 Å². The van der Waals surface area contributed by atoms with Gasteiger partial charge in [-0.2, -0.15) is 35.5 Å². The van der Waals surface area contributed by atoms with Crippen LogP contribution < -0.4 is 5.32 Å². The summed E-state index contributed by atoms with van der Waals surface area (Å²) in [6.45, 7) is 2.89. The highest BCUT2D eigenvalue weighted by Gasteiger charge is 2.45. The van der Waals surface area contributed by atoms with E-state index in [0.29, 0.717) is 37.9 Å². The second-order valence-corrected chi connectivity index (χ2v) is 11.9. The molecule has 0 saturated carbocycles. The van der Waals surface area contributed by atoms with Crippen LogP contribution in [0.1, 0.15) is 37.3 Å². The smallest absolute Gasteiger partial charge is 0.350 e. The zero-order chi connectivity index (χ0) is 27.0. The molecule has 3 heterocycles. The highest BCUT2D eigenvalue weighted by atomic mass is 32.2. The molecule has 3 aliphatic rings. The average Bonchev–Trinajstić information content (AvgIpc) is 3.22. The summed E-state index contributed by atoms with van der Waals surface area (Å²) < 4.78 is 66.7. The average molecular weight is 542 g/mol. The Morgan fingerprint density at radius 2 is 1.76 bits per heavy atom. The maximum absolute atomic E-state index is 13.5. The predicted octanol–water partition coefficient (Wildman–Crippen LogP) is 1.97. The first-order chi connectivity index (χ1) is 17.4. The van der Waals surface area contributed by atoms with E-state index in [4.69, 9.17) is 5.26 Å². The van der Waals surface area contributed by atoms with E-state index in [1.807, 2.05) is 6.92 Å². The van der Waals surface area contributed by atoms with Crippen LogP contribution in [0.3, 0.4) is 0 Å². The number of piperidine rings is 1. The number of nitrogens with one attached hydrogen (secondary N) is 1. The summed E-state index contributed by atoms with van der Waals surface area (Å²) in [5.41, 5.74) is -0.270. The van der Waals surface area contributed by atoms with Gasteiger partial charge in [-0.05, 0) is 42.9 Å². The van der Waals surface area contributed by atoms with Gasteiger partial charge in [-0.3, -0.25) is 9.59 Å². The molecule has 1 aromatic rings. The summed E-state index contributed by atoms with van der Waals surface area (Å²) >= 11 is 0. The zero-order valence-electron chi connectivity index (χ0n) is 20.4. The fraction of sp³-hybridized carbons (Fsp3) is 0.625. The Morgan fingerprint density at radius 1 is 1.08 bits per heavy atom. The summed E-state index contributed by atoms with van der Waals surface area (Å²) in [6.07, 6.45) is -2.80. The minimum atomic E-state index is -4.44. The maximum atomic E-state index is 13.5. The van der Waals surface area contributed by atoms with Crippen LogP contribution >= 0.6 is 0 Å². The van der Waals surface area contributed by atoms with Crippen LogP contribution in [0.25, 0.3) is 0 Å². The van der Waals surface area contributed by atoms with Crippen LogP contribution in [-0.4, -0.2) is 72.5 Å². The van der Waals surface area contributed by atoms with Gasteiger partial charge in [-0.1, -0.05) is 19.1 Å². The lowest BCUT2D eigenvalue weighted by Crippen LogP contribution is -2.58. The van der Waals surface area contributed by atoms with Crippen molar-refractivity contribution >= 4 is 22.0 Å². The quantitative estimate of drug-likeness (QED) is 0.592. The van der Waals surface area contributed by atoms with Gasteiger partial charge in [0, 0.05) is 39.3 Å². The molecule has 1 aromatic carbocycles. The molecule has 0 aliphatic carbocycles. The topological polar surface area (TPSA) is 114 Å². The normalized spacial score (nSPS) is 25.9. The van der Waals surface area contributed by atoms with Crippen LogP contribution in [-0.2, 0) is 32.5 Å². The SMILES string of the molecule is C[C@H]1CCN(C(=O)[C@H]2CCCN(S(=O)(=O)N3CC(C#N)C3)C2)[C@H]1C(=O)NCc1ccc(C(F)(F)F)cc1. The molecule has 202 valence electrons. The minimum absolute atomic E-state index is 0.0250. The Kier molecular flexibility index (Phi) is 7.83. The number of amides is 2. The molecule has 4 rings (SSSR count). The number of hydrogen-bond acceptors (Lipinski definition) is 5. The van der Waals surface area contributed by atoms with E-state index in [1.165, 1.54) is 25.6 Å². The van der Waals surface area contributed by atoms with Gasteiger partial charge < -0.3 is 10.2 Å². The van der Waals surface area contributed by atoms with Gasteiger partial charge in [-0.25, -0.2) is 0 Å². The fourth-order valence-corrected chi connectivity index (χ4v) is 6.95. The molecular weight excluding hydrogens is 511 g/mol. The van der Waals surface area contributed by atoms with Crippen molar-refractivity contribution in [3.8, 4) is 6.07 Å². The van der Waals surface area contributed by atoms with E-state index in [9.17, 15) is 31.2 Å². The third-order valence-corrected chi connectivity index (χ3v) is 9.35. The number of benzene rings is 1. The van der Waals surface area contributed by atoms with Crippen LogP contribution in [0.15, 0.2) is 24.3 Å². The number of carbonyl (C=O) groups excluding carboxylic acids is 2. The lowest BCUT2D eigenvalue weighted by Gasteiger charge is -2.41. The lowest BCUT2D eigenvalue weighted by atomic mass is 9.96. The Hall–Kier alpha value is -2.69. The Bertz CT molecular complexity index is 1160. The van der Waals surface area contributed by atoms with Crippen molar-refractivity contribution in [2.45, 2.75) is 44.9 Å². The second-order valence-electron chi connectivity index (χ2n) is 10.0. The number of alkyl halides is 3. The number of likely N-dealkylation sites (tertiary alicyclic amines) is 1. The van der Waals surface area contributed by atoms with Crippen molar-refractivity contribution in [1.29, 1.82) is 5.26 Å². The van der Waals surface area contributed by atoms with Crippen molar-refractivity contribution in [1.82, 2.24) is 18.8 Å². The molecule has 3 aliphatic heterocycles. The van der Waals surface area contributed by atoms with Crippen LogP contribution in [0.4, 0.5) is 13.2 Å². The predicted molar refractivity (Wildman–Crippen MR) is 126 cm³/mol. The van der Waals surface area contributed by atoms with Crippen molar-refractivity contribution in [2.75, 3.05) is 32.7 Å². The summed E-state index contributed by atoms with van der Waals surface area (Å²) in [6, 6.07) is 5.84. The maximum Gasteiger partial charge on any atom is 0.416 e. The molecule has 13 heteroatoms. The van der Waals surface area contributed by atoms with Gasteiger partial charge in [-0.15, -0.1) is 0 Å². The van der Waals surface area contributed by atoms with Crippen molar-refractivity contribution in [2.24, 2.45) is 17.8 Å². The Morgan fingerprint density at radius 3 is 2.38 bits per heavy atom. The molecule has 0 unspecified atom stereocenters. The second kappa shape index (κ2) is 10.6. The molecule has 3 fully saturated rings. The molecule has 0 bridgehead atoms. The van der Waals surface area contributed by atoms with Gasteiger partial charge in [0.15, 0.2) is 0 Å². The van der Waals surface area contributed by atoms with Crippen molar-refractivity contribution in [3.63, 3.8) is 0 Å². The zero-order valence-corrected chi connectivity index (χ0v) is 21.3. The van der Waals surface area contributed by atoms with E-state index in [-0.39, 0.29) is 49.8 Å². The molecule has 0 radical (unpaired) electrons. The highest BCUT2D eigenvalue weighted by molar-refractivity contribution is 7.86. The number of nitriles is 1. The number of nitrogens with zero attached hydrogens (tertiary/aromatic N) is 4. The van der Waals surface area contributed by atoms with Crippen LogP contribution in [0.5, 0.6) is 0 Å².